The fourth-order valence-electron chi connectivity index (χ4n) is 2.35. The maximum absolute atomic E-state index is 5.75. The van der Waals surface area contributed by atoms with Crippen LogP contribution in [0.3, 0.4) is 0 Å². The lowest BCUT2D eigenvalue weighted by Crippen LogP contribution is -2.43. The Balaban J connectivity index is 1.88. The maximum atomic E-state index is 5.75. The van der Waals surface area contributed by atoms with E-state index < -0.39 is 0 Å². The van der Waals surface area contributed by atoms with Crippen LogP contribution in [0.15, 0.2) is 53.7 Å². The van der Waals surface area contributed by atoms with Gasteiger partial charge in [0, 0.05) is 25.9 Å². The van der Waals surface area contributed by atoms with Crippen LogP contribution >= 0.6 is 0 Å². The third-order valence-corrected chi connectivity index (χ3v) is 3.60. The number of ether oxygens (including phenoxy) is 2. The standard InChI is InChI=1S/C20H28N4O2/c1-4-21-20(24-16(2)14-25-3)23-13-17-8-10-19(11-9-17)26-15-18-7-5-6-12-22-18/h5-12,16H,4,13-15H2,1-3H3,(H2,21,23,24). The van der Waals surface area contributed by atoms with Gasteiger partial charge in [0.15, 0.2) is 5.96 Å². The van der Waals surface area contributed by atoms with Crippen molar-refractivity contribution < 1.29 is 9.47 Å². The number of guanidine groups is 1. The van der Waals surface area contributed by atoms with Gasteiger partial charge in [0.05, 0.1) is 18.8 Å². The van der Waals surface area contributed by atoms with E-state index in [4.69, 9.17) is 9.47 Å². The minimum Gasteiger partial charge on any atom is -0.487 e. The predicted molar refractivity (Wildman–Crippen MR) is 104 cm³/mol. The van der Waals surface area contributed by atoms with Crippen LogP contribution < -0.4 is 15.4 Å². The molecular weight excluding hydrogens is 328 g/mol. The Hall–Kier alpha value is -2.60. The third kappa shape index (κ3) is 7.11. The molecule has 0 aliphatic heterocycles. The van der Waals surface area contributed by atoms with Crippen LogP contribution in [-0.2, 0) is 17.9 Å². The van der Waals surface area contributed by atoms with Gasteiger partial charge in [-0.05, 0) is 43.7 Å². The summed E-state index contributed by atoms with van der Waals surface area (Å²) in [6.07, 6.45) is 1.77. The molecule has 2 N–H and O–H groups in total. The number of pyridine rings is 1. The number of aromatic nitrogens is 1. The second kappa shape index (κ2) is 11.1. The normalized spacial score (nSPS) is 12.5. The van der Waals surface area contributed by atoms with Crippen molar-refractivity contribution in [2.24, 2.45) is 4.99 Å². The van der Waals surface area contributed by atoms with E-state index in [1.807, 2.05) is 49.4 Å². The lowest BCUT2D eigenvalue weighted by atomic mass is 10.2. The maximum Gasteiger partial charge on any atom is 0.191 e. The molecule has 1 atom stereocenters. The number of nitrogens with zero attached hydrogens (tertiary/aromatic N) is 2. The molecule has 0 aliphatic carbocycles. The van der Waals surface area contributed by atoms with Crippen LogP contribution in [-0.4, -0.2) is 37.2 Å². The molecular formula is C20H28N4O2. The topological polar surface area (TPSA) is 67.8 Å². The summed E-state index contributed by atoms with van der Waals surface area (Å²) in [4.78, 5) is 8.87. The summed E-state index contributed by atoms with van der Waals surface area (Å²) in [5.74, 6) is 1.61. The summed E-state index contributed by atoms with van der Waals surface area (Å²) in [5, 5.41) is 6.56. The Kier molecular flexibility index (Phi) is 8.42. The zero-order valence-electron chi connectivity index (χ0n) is 15.7. The Bertz CT molecular complexity index is 659. The number of nitrogens with one attached hydrogen (secondary N) is 2. The molecule has 1 aromatic carbocycles. The van der Waals surface area contributed by atoms with Crippen molar-refractivity contribution >= 4 is 5.96 Å². The average Bonchev–Trinajstić information content (AvgIpc) is 2.66. The molecule has 6 nitrogen and oxygen atoms in total. The molecule has 1 aromatic heterocycles. The Morgan fingerprint density at radius 2 is 2.00 bits per heavy atom. The summed E-state index contributed by atoms with van der Waals surface area (Å²) in [7, 11) is 1.69. The van der Waals surface area contributed by atoms with Crippen LogP contribution in [0.5, 0.6) is 5.75 Å². The first-order valence-corrected chi connectivity index (χ1v) is 8.86. The Morgan fingerprint density at radius 1 is 1.19 bits per heavy atom. The quantitative estimate of drug-likeness (QED) is 0.534. The van der Waals surface area contributed by atoms with Crippen molar-refractivity contribution in [2.45, 2.75) is 33.0 Å². The van der Waals surface area contributed by atoms with Crippen molar-refractivity contribution in [2.75, 3.05) is 20.3 Å². The van der Waals surface area contributed by atoms with E-state index in [9.17, 15) is 0 Å². The second-order valence-corrected chi connectivity index (χ2v) is 5.95. The lowest BCUT2D eigenvalue weighted by molar-refractivity contribution is 0.179. The van der Waals surface area contributed by atoms with Gasteiger partial charge in [0.1, 0.15) is 12.4 Å². The highest BCUT2D eigenvalue weighted by molar-refractivity contribution is 5.80. The Labute approximate surface area is 155 Å². The second-order valence-electron chi connectivity index (χ2n) is 5.95. The highest BCUT2D eigenvalue weighted by Gasteiger charge is 2.04. The molecule has 2 aromatic rings. The molecule has 26 heavy (non-hydrogen) atoms. The van der Waals surface area contributed by atoms with Gasteiger partial charge >= 0.3 is 0 Å². The van der Waals surface area contributed by atoms with Crippen LogP contribution in [0.2, 0.25) is 0 Å². The van der Waals surface area contributed by atoms with E-state index >= 15 is 0 Å². The molecule has 0 spiro atoms. The largest absolute Gasteiger partial charge is 0.487 e. The fraction of sp³-hybridized carbons (Fsp3) is 0.400. The molecule has 0 amide bonds. The zero-order valence-corrected chi connectivity index (χ0v) is 15.7. The number of benzene rings is 1. The van der Waals surface area contributed by atoms with Gasteiger partial charge in [0.2, 0.25) is 0 Å². The van der Waals surface area contributed by atoms with Crippen molar-refractivity contribution in [3.8, 4) is 5.75 Å². The minimum atomic E-state index is 0.195. The van der Waals surface area contributed by atoms with Gasteiger partial charge in [-0.1, -0.05) is 18.2 Å². The van der Waals surface area contributed by atoms with E-state index in [1.54, 1.807) is 13.3 Å². The number of hydrogen-bond donors (Lipinski definition) is 2. The van der Waals surface area contributed by atoms with Crippen molar-refractivity contribution in [3.63, 3.8) is 0 Å². The van der Waals surface area contributed by atoms with Crippen LogP contribution in [0, 0.1) is 0 Å². The molecule has 2 rings (SSSR count). The number of hydrogen-bond acceptors (Lipinski definition) is 4. The predicted octanol–water partition coefficient (Wildman–Crippen LogP) is 2.75. The summed E-state index contributed by atoms with van der Waals surface area (Å²) < 4.78 is 10.9. The smallest absolute Gasteiger partial charge is 0.191 e. The van der Waals surface area contributed by atoms with E-state index in [1.165, 1.54) is 0 Å². The number of aliphatic imine (C=N–C) groups is 1. The molecule has 0 aliphatic rings. The van der Waals surface area contributed by atoms with Gasteiger partial charge < -0.3 is 20.1 Å². The highest BCUT2D eigenvalue weighted by Crippen LogP contribution is 2.14. The van der Waals surface area contributed by atoms with Crippen LogP contribution in [0.1, 0.15) is 25.1 Å². The molecule has 0 radical (unpaired) electrons. The highest BCUT2D eigenvalue weighted by atomic mass is 16.5. The van der Waals surface area contributed by atoms with E-state index in [-0.39, 0.29) is 6.04 Å². The summed E-state index contributed by atoms with van der Waals surface area (Å²) in [6.45, 7) is 6.61. The van der Waals surface area contributed by atoms with Crippen molar-refractivity contribution in [3.05, 3.63) is 59.9 Å². The number of methoxy groups -OCH3 is 1. The average molecular weight is 356 g/mol. The van der Waals surface area contributed by atoms with Gasteiger partial charge in [0.25, 0.3) is 0 Å². The third-order valence-electron chi connectivity index (χ3n) is 3.60. The fourth-order valence-corrected chi connectivity index (χ4v) is 2.35. The first-order chi connectivity index (χ1) is 12.7. The van der Waals surface area contributed by atoms with Gasteiger partial charge in [-0.25, -0.2) is 4.99 Å². The van der Waals surface area contributed by atoms with E-state index in [0.29, 0.717) is 19.8 Å². The summed E-state index contributed by atoms with van der Waals surface area (Å²) in [6, 6.07) is 14.0. The monoisotopic (exact) mass is 356 g/mol. The first-order valence-electron chi connectivity index (χ1n) is 8.86. The van der Waals surface area contributed by atoms with Crippen LogP contribution in [0.25, 0.3) is 0 Å². The zero-order chi connectivity index (χ0) is 18.6. The van der Waals surface area contributed by atoms with E-state index in [2.05, 4.69) is 27.5 Å². The molecule has 140 valence electrons. The summed E-state index contributed by atoms with van der Waals surface area (Å²) >= 11 is 0. The molecule has 6 heteroatoms. The van der Waals surface area contributed by atoms with E-state index in [0.717, 1.165) is 29.5 Å². The molecule has 1 heterocycles. The molecule has 1 unspecified atom stereocenters. The van der Waals surface area contributed by atoms with Crippen molar-refractivity contribution in [1.29, 1.82) is 0 Å². The minimum absolute atomic E-state index is 0.195. The summed E-state index contributed by atoms with van der Waals surface area (Å²) in [5.41, 5.74) is 2.03. The van der Waals surface area contributed by atoms with Gasteiger partial charge in [-0.2, -0.15) is 0 Å². The van der Waals surface area contributed by atoms with Gasteiger partial charge in [-0.3, -0.25) is 4.98 Å². The molecule has 0 bridgehead atoms. The molecule has 0 fully saturated rings. The Morgan fingerprint density at radius 3 is 2.65 bits per heavy atom. The first kappa shape index (κ1) is 19.7. The van der Waals surface area contributed by atoms with Gasteiger partial charge in [-0.15, -0.1) is 0 Å². The lowest BCUT2D eigenvalue weighted by Gasteiger charge is -2.17. The van der Waals surface area contributed by atoms with Crippen molar-refractivity contribution in [1.82, 2.24) is 15.6 Å². The SMILES string of the molecule is CCNC(=NCc1ccc(OCc2ccccn2)cc1)NC(C)COC. The number of rotatable bonds is 9. The van der Waals surface area contributed by atoms with Crippen LogP contribution in [0.4, 0.5) is 0 Å². The molecule has 0 saturated heterocycles. The molecule has 0 saturated carbocycles.